The van der Waals surface area contributed by atoms with Crippen LogP contribution in [0.5, 0.6) is 0 Å². The summed E-state index contributed by atoms with van der Waals surface area (Å²) in [6.45, 7) is 1.77. The van der Waals surface area contributed by atoms with Crippen LogP contribution in [0.3, 0.4) is 0 Å². The number of carbonyl (C=O) groups excluding carboxylic acids is 2. The van der Waals surface area contributed by atoms with Gasteiger partial charge in [-0.15, -0.1) is 0 Å². The average Bonchev–Trinajstić information content (AvgIpc) is 2.99. The Labute approximate surface area is 170 Å². The van der Waals surface area contributed by atoms with Crippen LogP contribution in [0.2, 0.25) is 0 Å². The van der Waals surface area contributed by atoms with Gasteiger partial charge in [-0.25, -0.2) is 9.97 Å². The lowest BCUT2D eigenvalue weighted by molar-refractivity contribution is -0.118. The van der Waals surface area contributed by atoms with Gasteiger partial charge < -0.3 is 20.7 Å². The summed E-state index contributed by atoms with van der Waals surface area (Å²) in [7, 11) is 0. The van der Waals surface area contributed by atoms with Crippen LogP contribution in [-0.4, -0.2) is 52.5 Å². The predicted molar refractivity (Wildman–Crippen MR) is 107 cm³/mol. The highest BCUT2D eigenvalue weighted by molar-refractivity contribution is 9.10. The number of hydrogen-bond acceptors (Lipinski definition) is 6. The van der Waals surface area contributed by atoms with E-state index in [-0.39, 0.29) is 18.5 Å². The Hall–Kier alpha value is -2.52. The van der Waals surface area contributed by atoms with Crippen LogP contribution in [0.25, 0.3) is 11.3 Å². The van der Waals surface area contributed by atoms with E-state index in [0.29, 0.717) is 23.8 Å². The van der Waals surface area contributed by atoms with E-state index in [0.717, 1.165) is 41.7 Å². The molecule has 28 heavy (non-hydrogen) atoms. The van der Waals surface area contributed by atoms with Gasteiger partial charge in [0.05, 0.1) is 16.7 Å². The molecule has 2 amide bonds. The van der Waals surface area contributed by atoms with E-state index in [9.17, 15) is 9.59 Å². The lowest BCUT2D eigenvalue weighted by atomic mass is 10.0. The minimum Gasteiger partial charge on any atom is -0.381 e. The molecule has 2 aliphatic rings. The zero-order valence-electron chi connectivity index (χ0n) is 15.2. The number of fused-ring (bicyclic) bond motifs is 1. The fourth-order valence-corrected chi connectivity index (χ4v) is 3.91. The van der Waals surface area contributed by atoms with E-state index in [2.05, 4.69) is 31.2 Å². The highest BCUT2D eigenvalue weighted by Gasteiger charge is 2.29. The largest absolute Gasteiger partial charge is 0.381 e. The van der Waals surface area contributed by atoms with Crippen LogP contribution < -0.4 is 11.1 Å². The summed E-state index contributed by atoms with van der Waals surface area (Å²) < 4.78 is 6.12. The second-order valence-corrected chi connectivity index (χ2v) is 7.77. The quantitative estimate of drug-likeness (QED) is 0.727. The van der Waals surface area contributed by atoms with Gasteiger partial charge in [0.15, 0.2) is 0 Å². The van der Waals surface area contributed by atoms with E-state index in [1.54, 1.807) is 6.20 Å². The Morgan fingerprint density at radius 3 is 2.89 bits per heavy atom. The molecule has 3 heterocycles. The Balaban J connectivity index is 1.60. The Morgan fingerprint density at radius 1 is 1.36 bits per heavy atom. The molecule has 3 N–H and O–H groups in total. The number of aromatic nitrogens is 2. The number of nitrogens with zero attached hydrogens (tertiary/aromatic N) is 3. The number of hydrogen-bond donors (Lipinski definition) is 2. The molecule has 1 aromatic carbocycles. The molecule has 0 aliphatic carbocycles. The minimum absolute atomic E-state index is 0.0841. The molecule has 146 valence electrons. The van der Waals surface area contributed by atoms with E-state index < -0.39 is 5.91 Å². The fourth-order valence-electron chi connectivity index (χ4n) is 3.49. The van der Waals surface area contributed by atoms with Gasteiger partial charge in [-0.1, -0.05) is 12.1 Å². The van der Waals surface area contributed by atoms with Crippen LogP contribution in [0.15, 0.2) is 28.9 Å². The molecule has 0 saturated carbocycles. The first-order valence-electron chi connectivity index (χ1n) is 9.09. The highest BCUT2D eigenvalue weighted by atomic mass is 79.9. The molecule has 4 rings (SSSR count). The number of benzene rings is 1. The van der Waals surface area contributed by atoms with Gasteiger partial charge in [0, 0.05) is 43.1 Å². The van der Waals surface area contributed by atoms with E-state index in [1.807, 2.05) is 18.2 Å². The van der Waals surface area contributed by atoms with Crippen molar-refractivity contribution in [2.24, 2.45) is 5.73 Å². The van der Waals surface area contributed by atoms with E-state index in [4.69, 9.17) is 10.5 Å². The molecule has 1 aromatic heterocycles. The Morgan fingerprint density at radius 2 is 2.14 bits per heavy atom. The lowest BCUT2D eigenvalue weighted by Gasteiger charge is -2.23. The second-order valence-electron chi connectivity index (χ2n) is 6.92. The van der Waals surface area contributed by atoms with Crippen molar-refractivity contribution >= 4 is 33.7 Å². The third kappa shape index (κ3) is 3.85. The molecular formula is C19H20BrN5O3. The molecule has 2 aromatic rings. The van der Waals surface area contributed by atoms with Gasteiger partial charge in [0.25, 0.3) is 5.91 Å². The summed E-state index contributed by atoms with van der Waals surface area (Å²) >= 11 is 3.50. The molecule has 1 fully saturated rings. The topological polar surface area (TPSA) is 110 Å². The fraction of sp³-hybridized carbons (Fsp3) is 0.368. The maximum Gasteiger partial charge on any atom is 0.254 e. The molecule has 9 heteroatoms. The van der Waals surface area contributed by atoms with Gasteiger partial charge in [-0.3, -0.25) is 9.59 Å². The van der Waals surface area contributed by atoms with Crippen molar-refractivity contribution in [3.8, 4) is 11.3 Å². The zero-order chi connectivity index (χ0) is 19.7. The second kappa shape index (κ2) is 7.84. The lowest BCUT2D eigenvalue weighted by Crippen LogP contribution is -2.33. The summed E-state index contributed by atoms with van der Waals surface area (Å²) in [5.74, 6) is -0.169. The van der Waals surface area contributed by atoms with Gasteiger partial charge >= 0.3 is 0 Å². The molecule has 0 atom stereocenters. The van der Waals surface area contributed by atoms with Gasteiger partial charge in [0.2, 0.25) is 11.9 Å². The Bertz CT molecular complexity index is 930. The molecule has 2 aliphatic heterocycles. The maximum absolute atomic E-state index is 12.6. The van der Waals surface area contributed by atoms with Crippen molar-refractivity contribution in [1.82, 2.24) is 14.9 Å². The van der Waals surface area contributed by atoms with Crippen LogP contribution in [0, 0.1) is 0 Å². The zero-order valence-corrected chi connectivity index (χ0v) is 16.7. The minimum atomic E-state index is -0.524. The maximum atomic E-state index is 12.6. The van der Waals surface area contributed by atoms with Crippen LogP contribution in [0.4, 0.5) is 5.95 Å². The SMILES string of the molecule is NC(=O)CN1Cc2ccc(-c3nc(NC4CCOCC4)ncc3Br)cc2C1=O. The molecule has 0 bridgehead atoms. The third-order valence-corrected chi connectivity index (χ3v) is 5.49. The van der Waals surface area contributed by atoms with Crippen molar-refractivity contribution < 1.29 is 14.3 Å². The number of ether oxygens (including phenoxy) is 1. The number of carbonyl (C=O) groups is 2. The first-order chi connectivity index (χ1) is 13.5. The number of amides is 2. The first-order valence-corrected chi connectivity index (χ1v) is 9.88. The molecule has 0 unspecified atom stereocenters. The summed E-state index contributed by atoms with van der Waals surface area (Å²) in [6, 6.07) is 5.91. The van der Waals surface area contributed by atoms with Gasteiger partial charge in [-0.05, 0) is 40.4 Å². The Kier molecular flexibility index (Phi) is 5.27. The third-order valence-electron chi connectivity index (χ3n) is 4.91. The van der Waals surface area contributed by atoms with Crippen molar-refractivity contribution in [3.05, 3.63) is 40.0 Å². The molecule has 0 radical (unpaired) electrons. The standard InChI is InChI=1S/C19H20BrN5O3/c20-15-8-22-19(23-13-3-5-28-6-4-13)24-17(15)11-1-2-12-9-25(10-16(21)26)18(27)14(12)7-11/h1-2,7-8,13H,3-6,9-10H2,(H2,21,26)(H,22,23,24). The van der Waals surface area contributed by atoms with E-state index in [1.165, 1.54) is 4.90 Å². The van der Waals surface area contributed by atoms with Gasteiger partial charge in [-0.2, -0.15) is 0 Å². The number of rotatable bonds is 5. The van der Waals surface area contributed by atoms with E-state index >= 15 is 0 Å². The summed E-state index contributed by atoms with van der Waals surface area (Å²) in [5.41, 5.74) is 8.19. The highest BCUT2D eigenvalue weighted by Crippen LogP contribution is 2.31. The van der Waals surface area contributed by atoms with Crippen molar-refractivity contribution in [1.29, 1.82) is 0 Å². The smallest absolute Gasteiger partial charge is 0.254 e. The number of nitrogens with two attached hydrogens (primary N) is 1. The van der Waals surface area contributed by atoms with Crippen LogP contribution >= 0.6 is 15.9 Å². The summed E-state index contributed by atoms with van der Waals surface area (Å²) in [4.78, 5) is 34.2. The first kappa shape index (κ1) is 18.8. The van der Waals surface area contributed by atoms with Crippen molar-refractivity contribution in [2.75, 3.05) is 25.1 Å². The van der Waals surface area contributed by atoms with Gasteiger partial charge in [0.1, 0.15) is 0 Å². The van der Waals surface area contributed by atoms with Crippen molar-refractivity contribution in [2.45, 2.75) is 25.4 Å². The number of halogens is 1. The normalized spacial score (nSPS) is 16.9. The molecule has 0 spiro atoms. The van der Waals surface area contributed by atoms with Crippen LogP contribution in [0.1, 0.15) is 28.8 Å². The summed E-state index contributed by atoms with van der Waals surface area (Å²) in [6.07, 6.45) is 3.54. The predicted octanol–water partition coefficient (Wildman–Crippen LogP) is 1.94. The number of nitrogens with one attached hydrogen (secondary N) is 1. The molecular weight excluding hydrogens is 426 g/mol. The summed E-state index contributed by atoms with van der Waals surface area (Å²) in [5, 5.41) is 3.36. The number of anilines is 1. The average molecular weight is 446 g/mol. The molecule has 1 saturated heterocycles. The molecule has 8 nitrogen and oxygen atoms in total. The van der Waals surface area contributed by atoms with Crippen LogP contribution in [-0.2, 0) is 16.1 Å². The van der Waals surface area contributed by atoms with Crippen molar-refractivity contribution in [3.63, 3.8) is 0 Å². The monoisotopic (exact) mass is 445 g/mol. The number of primary amides is 1.